The third kappa shape index (κ3) is 3.98. The van der Waals surface area contributed by atoms with Crippen LogP contribution in [0.25, 0.3) is 0 Å². The lowest BCUT2D eigenvalue weighted by Gasteiger charge is -2.29. The highest BCUT2D eigenvalue weighted by Gasteiger charge is 2.18. The van der Waals surface area contributed by atoms with E-state index in [4.69, 9.17) is 21.7 Å². The minimum Gasteiger partial charge on any atom is -0.493 e. The van der Waals surface area contributed by atoms with Gasteiger partial charge in [-0.25, -0.2) is 0 Å². The largest absolute Gasteiger partial charge is 0.493 e. The minimum atomic E-state index is 0.435. The van der Waals surface area contributed by atoms with Gasteiger partial charge in [0.15, 0.2) is 11.5 Å². The molecule has 0 amide bonds. The van der Waals surface area contributed by atoms with Crippen LogP contribution in [0.3, 0.4) is 0 Å². The van der Waals surface area contributed by atoms with E-state index < -0.39 is 0 Å². The number of methoxy groups -OCH3 is 1. The predicted molar refractivity (Wildman–Crippen MR) is 93.5 cm³/mol. The van der Waals surface area contributed by atoms with Crippen molar-refractivity contribution in [2.75, 3.05) is 26.8 Å². The van der Waals surface area contributed by atoms with Crippen molar-refractivity contribution in [2.45, 2.75) is 19.3 Å². The first-order chi connectivity index (χ1) is 10.2. The summed E-state index contributed by atoms with van der Waals surface area (Å²) in [6, 6.07) is 3.94. The van der Waals surface area contributed by atoms with Crippen LogP contribution in [0.15, 0.2) is 29.3 Å². The summed E-state index contributed by atoms with van der Waals surface area (Å²) in [5, 5.41) is 0. The van der Waals surface area contributed by atoms with Gasteiger partial charge in [-0.15, -0.1) is 0 Å². The average molecular weight is 370 g/mol. The van der Waals surface area contributed by atoms with Crippen LogP contribution < -0.4 is 9.47 Å². The number of rotatable bonds is 5. The maximum Gasteiger partial charge on any atom is 0.175 e. The molecule has 5 heteroatoms. The first kappa shape index (κ1) is 16.3. The van der Waals surface area contributed by atoms with E-state index in [1.165, 1.54) is 19.3 Å². The summed E-state index contributed by atoms with van der Waals surface area (Å²) in [5.41, 5.74) is 0.988. The zero-order valence-corrected chi connectivity index (χ0v) is 14.6. The monoisotopic (exact) mass is 369 g/mol. The smallest absolute Gasteiger partial charge is 0.175 e. The van der Waals surface area contributed by atoms with Crippen LogP contribution in [0, 0.1) is 0 Å². The van der Waals surface area contributed by atoms with Crippen molar-refractivity contribution in [3.05, 3.63) is 34.8 Å². The Hall–Kier alpha value is -1.07. The Balaban J connectivity index is 2.25. The summed E-state index contributed by atoms with van der Waals surface area (Å²) in [7, 11) is 1.64. The number of hydrogen-bond acceptors (Lipinski definition) is 3. The van der Waals surface area contributed by atoms with Gasteiger partial charge in [0.05, 0.1) is 11.6 Å². The predicted octanol–water partition coefficient (Wildman–Crippen LogP) is 4.18. The third-order valence-electron chi connectivity index (χ3n) is 3.47. The Morgan fingerprint density at radius 2 is 2.10 bits per heavy atom. The van der Waals surface area contributed by atoms with Crippen LogP contribution in [-0.4, -0.2) is 36.7 Å². The van der Waals surface area contributed by atoms with E-state index in [1.807, 2.05) is 12.1 Å². The van der Waals surface area contributed by atoms with Crippen LogP contribution in [0.5, 0.6) is 11.5 Å². The van der Waals surface area contributed by atoms with Gasteiger partial charge in [-0.3, -0.25) is 0 Å². The van der Waals surface area contributed by atoms with E-state index in [9.17, 15) is 0 Å². The van der Waals surface area contributed by atoms with Crippen molar-refractivity contribution >= 4 is 33.1 Å². The molecule has 2 rings (SSSR count). The summed E-state index contributed by atoms with van der Waals surface area (Å²) >= 11 is 9.17. The fourth-order valence-electron chi connectivity index (χ4n) is 2.41. The average Bonchev–Trinajstić information content (AvgIpc) is 2.53. The van der Waals surface area contributed by atoms with Gasteiger partial charge < -0.3 is 14.4 Å². The Morgan fingerprint density at radius 1 is 1.38 bits per heavy atom. The lowest BCUT2D eigenvalue weighted by Crippen LogP contribution is -2.34. The molecule has 0 N–H and O–H groups in total. The van der Waals surface area contributed by atoms with Crippen molar-refractivity contribution < 1.29 is 9.47 Å². The SMILES string of the molecule is C=CCOc1c(Br)cc(C(=S)N2CCCCC2)cc1OC. The molecule has 1 aliphatic rings. The molecule has 1 saturated heterocycles. The maximum atomic E-state index is 5.64. The molecular weight excluding hydrogens is 350 g/mol. The highest BCUT2D eigenvalue weighted by Crippen LogP contribution is 2.37. The number of halogens is 1. The summed E-state index contributed by atoms with van der Waals surface area (Å²) in [4.78, 5) is 3.15. The molecule has 1 aliphatic heterocycles. The number of piperidine rings is 1. The Bertz CT molecular complexity index is 527. The van der Waals surface area contributed by atoms with E-state index in [1.54, 1.807) is 13.2 Å². The number of likely N-dealkylation sites (tertiary alicyclic amines) is 1. The first-order valence-electron chi connectivity index (χ1n) is 7.08. The molecule has 0 aromatic heterocycles. The molecule has 0 spiro atoms. The second-order valence-electron chi connectivity index (χ2n) is 4.94. The van der Waals surface area contributed by atoms with Crippen LogP contribution >= 0.6 is 28.1 Å². The van der Waals surface area contributed by atoms with Gasteiger partial charge in [-0.05, 0) is 47.3 Å². The third-order valence-corrected chi connectivity index (χ3v) is 4.55. The molecule has 21 heavy (non-hydrogen) atoms. The van der Waals surface area contributed by atoms with Crippen LogP contribution in [-0.2, 0) is 0 Å². The lowest BCUT2D eigenvalue weighted by atomic mass is 10.1. The van der Waals surface area contributed by atoms with Gasteiger partial charge in [0.1, 0.15) is 11.6 Å². The van der Waals surface area contributed by atoms with E-state index in [0.29, 0.717) is 18.1 Å². The fourth-order valence-corrected chi connectivity index (χ4v) is 3.26. The van der Waals surface area contributed by atoms with E-state index in [2.05, 4.69) is 27.4 Å². The normalized spacial score (nSPS) is 14.7. The number of ether oxygens (including phenoxy) is 2. The molecule has 1 fully saturated rings. The van der Waals surface area contributed by atoms with Crippen molar-refractivity contribution in [1.82, 2.24) is 4.90 Å². The standard InChI is InChI=1S/C16H20BrNO2S/c1-3-9-20-15-13(17)10-12(11-14(15)19-2)16(21)18-7-5-4-6-8-18/h3,10-11H,1,4-9H2,2H3. The summed E-state index contributed by atoms with van der Waals surface area (Å²) < 4.78 is 11.9. The number of benzene rings is 1. The highest BCUT2D eigenvalue weighted by atomic mass is 79.9. The molecule has 1 heterocycles. The molecule has 0 bridgehead atoms. The highest BCUT2D eigenvalue weighted by molar-refractivity contribution is 9.10. The van der Waals surface area contributed by atoms with Crippen molar-refractivity contribution in [2.24, 2.45) is 0 Å². The summed E-state index contributed by atoms with van der Waals surface area (Å²) in [5.74, 6) is 1.36. The minimum absolute atomic E-state index is 0.435. The van der Waals surface area contributed by atoms with Gasteiger partial charge >= 0.3 is 0 Å². The van der Waals surface area contributed by atoms with Gasteiger partial charge in [0, 0.05) is 18.7 Å². The van der Waals surface area contributed by atoms with Gasteiger partial charge in [-0.2, -0.15) is 0 Å². The van der Waals surface area contributed by atoms with E-state index in [-0.39, 0.29) is 0 Å². The second-order valence-corrected chi connectivity index (χ2v) is 6.18. The van der Waals surface area contributed by atoms with Gasteiger partial charge in [0.2, 0.25) is 0 Å². The van der Waals surface area contributed by atoms with E-state index >= 15 is 0 Å². The Morgan fingerprint density at radius 3 is 2.71 bits per heavy atom. The fraction of sp³-hybridized carbons (Fsp3) is 0.438. The maximum absolute atomic E-state index is 5.64. The topological polar surface area (TPSA) is 21.7 Å². The van der Waals surface area contributed by atoms with Crippen LogP contribution in [0.4, 0.5) is 0 Å². The second kappa shape index (κ2) is 7.80. The molecule has 0 aliphatic carbocycles. The zero-order chi connectivity index (χ0) is 15.2. The van der Waals surface area contributed by atoms with Gasteiger partial charge in [-0.1, -0.05) is 24.9 Å². The van der Waals surface area contributed by atoms with Crippen molar-refractivity contribution in [3.63, 3.8) is 0 Å². The molecule has 0 radical (unpaired) electrons. The molecule has 0 atom stereocenters. The molecule has 0 saturated carbocycles. The van der Waals surface area contributed by atoms with E-state index in [0.717, 1.165) is 28.1 Å². The Kier molecular flexibility index (Phi) is 6.06. The number of nitrogens with zero attached hydrogens (tertiary/aromatic N) is 1. The van der Waals surface area contributed by atoms with Crippen molar-refractivity contribution in [1.29, 1.82) is 0 Å². The molecular formula is C16H20BrNO2S. The molecule has 1 aromatic carbocycles. The summed E-state index contributed by atoms with van der Waals surface area (Å²) in [6.45, 7) is 6.17. The molecule has 0 unspecified atom stereocenters. The first-order valence-corrected chi connectivity index (χ1v) is 8.28. The van der Waals surface area contributed by atoms with Crippen LogP contribution in [0.2, 0.25) is 0 Å². The number of hydrogen-bond donors (Lipinski definition) is 0. The Labute approximate surface area is 140 Å². The summed E-state index contributed by atoms with van der Waals surface area (Å²) in [6.07, 6.45) is 5.41. The molecule has 114 valence electrons. The lowest BCUT2D eigenvalue weighted by molar-refractivity contribution is 0.324. The molecule has 3 nitrogen and oxygen atoms in total. The quantitative estimate of drug-likeness (QED) is 0.573. The number of thiocarbonyl (C=S) groups is 1. The van der Waals surface area contributed by atoms with Crippen molar-refractivity contribution in [3.8, 4) is 11.5 Å². The molecule has 1 aromatic rings. The zero-order valence-electron chi connectivity index (χ0n) is 12.2. The van der Waals surface area contributed by atoms with Gasteiger partial charge in [0.25, 0.3) is 0 Å². The van der Waals surface area contributed by atoms with Crippen LogP contribution in [0.1, 0.15) is 24.8 Å².